The molecule has 1 saturated heterocycles. The predicted molar refractivity (Wildman–Crippen MR) is 242 cm³/mol. The molecule has 1 aliphatic heterocycles. The Hall–Kier alpha value is -1.72. The smallest absolute Gasteiger partial charge is 0.394 e. The Kier molecular flexibility index (Phi) is 35.4. The van der Waals surface area contributed by atoms with Gasteiger partial charge in [-0.25, -0.2) is 4.18 Å². The second-order valence-corrected chi connectivity index (χ2v) is 17.9. The number of nitrogens with one attached hydrogen (secondary N) is 1. The molecule has 0 bridgehead atoms. The van der Waals surface area contributed by atoms with Crippen LogP contribution in [0.1, 0.15) is 194 Å². The molecule has 61 heavy (non-hydrogen) atoms. The van der Waals surface area contributed by atoms with Gasteiger partial charge in [-0.15, -0.1) is 0 Å². The summed E-state index contributed by atoms with van der Waals surface area (Å²) in [5, 5.41) is 55.2. The molecule has 0 aromatic heterocycles. The van der Waals surface area contributed by atoms with Gasteiger partial charge in [-0.2, -0.15) is 8.42 Å². The lowest BCUT2D eigenvalue weighted by atomic mass is 9.99. The summed E-state index contributed by atoms with van der Waals surface area (Å²) >= 11 is 0. The summed E-state index contributed by atoms with van der Waals surface area (Å²) < 4.78 is 47.5. The van der Waals surface area contributed by atoms with Crippen molar-refractivity contribution in [2.45, 2.75) is 243 Å². The summed E-state index contributed by atoms with van der Waals surface area (Å²) in [5.74, 6) is -0.721. The fourth-order valence-corrected chi connectivity index (χ4v) is 7.92. The van der Waals surface area contributed by atoms with Crippen LogP contribution >= 0.6 is 0 Å². The van der Waals surface area contributed by atoms with Crippen LogP contribution in [0.4, 0.5) is 0 Å². The van der Waals surface area contributed by atoms with Crippen molar-refractivity contribution in [1.82, 2.24) is 5.32 Å². The van der Waals surface area contributed by atoms with E-state index >= 15 is 0 Å². The van der Waals surface area contributed by atoms with Gasteiger partial charge < -0.3 is 40.3 Å². The Morgan fingerprint density at radius 3 is 1.57 bits per heavy atom. The van der Waals surface area contributed by atoms with Crippen molar-refractivity contribution in [3.63, 3.8) is 0 Å². The molecule has 13 nitrogen and oxygen atoms in total. The van der Waals surface area contributed by atoms with Crippen LogP contribution in [0.5, 0.6) is 0 Å². The van der Waals surface area contributed by atoms with Gasteiger partial charge >= 0.3 is 10.4 Å². The fourth-order valence-electron chi connectivity index (χ4n) is 7.41. The summed E-state index contributed by atoms with van der Waals surface area (Å²) in [6.07, 6.45) is 32.3. The second-order valence-electron chi connectivity index (χ2n) is 16.8. The Morgan fingerprint density at radius 2 is 1.10 bits per heavy atom. The first kappa shape index (κ1) is 57.3. The van der Waals surface area contributed by atoms with Gasteiger partial charge in [0.1, 0.15) is 30.5 Å². The van der Waals surface area contributed by atoms with Gasteiger partial charge in [0.15, 0.2) is 6.29 Å². The van der Waals surface area contributed by atoms with E-state index in [4.69, 9.17) is 9.47 Å². The van der Waals surface area contributed by atoms with Crippen LogP contribution in [0.25, 0.3) is 0 Å². The molecule has 14 heteroatoms. The average molecular weight is 890 g/mol. The molecule has 8 atom stereocenters. The Bertz CT molecular complexity index is 1250. The number of aliphatic hydroxyl groups is 5. The van der Waals surface area contributed by atoms with Crippen LogP contribution in [0.15, 0.2) is 36.5 Å². The quantitative estimate of drug-likeness (QED) is 0.0175. The molecular formula is C47H87NO12S. The third kappa shape index (κ3) is 30.1. The molecule has 0 aliphatic carbocycles. The van der Waals surface area contributed by atoms with Crippen molar-refractivity contribution in [2.24, 2.45) is 0 Å². The number of aliphatic hydroxyl groups excluding tert-OH is 5. The van der Waals surface area contributed by atoms with Crippen LogP contribution in [0, 0.1) is 0 Å². The van der Waals surface area contributed by atoms with E-state index in [1.165, 1.54) is 115 Å². The first-order valence-electron chi connectivity index (χ1n) is 24.0. The minimum Gasteiger partial charge on any atom is -0.394 e. The highest BCUT2D eigenvalue weighted by Gasteiger charge is 2.48. The van der Waals surface area contributed by atoms with Crippen molar-refractivity contribution in [2.75, 3.05) is 13.2 Å². The third-order valence-electron chi connectivity index (χ3n) is 11.3. The summed E-state index contributed by atoms with van der Waals surface area (Å²) in [6.45, 7) is 3.19. The molecule has 8 unspecified atom stereocenters. The number of allylic oxidation sites excluding steroid dienone is 5. The van der Waals surface area contributed by atoms with Gasteiger partial charge in [0.2, 0.25) is 5.91 Å². The number of carbonyl (C=O) groups is 1. The number of rotatable bonds is 40. The van der Waals surface area contributed by atoms with Crippen molar-refractivity contribution in [1.29, 1.82) is 0 Å². The maximum absolute atomic E-state index is 13.1. The number of amides is 1. The molecule has 358 valence electrons. The summed E-state index contributed by atoms with van der Waals surface area (Å²) in [7, 11) is -5.12. The van der Waals surface area contributed by atoms with E-state index in [9.17, 15) is 43.3 Å². The van der Waals surface area contributed by atoms with Crippen LogP contribution in [0.2, 0.25) is 0 Å². The van der Waals surface area contributed by atoms with Crippen molar-refractivity contribution in [3.05, 3.63) is 36.5 Å². The molecule has 0 spiro atoms. The number of hydrogen-bond acceptors (Lipinski definition) is 11. The van der Waals surface area contributed by atoms with E-state index in [0.717, 1.165) is 51.4 Å². The van der Waals surface area contributed by atoms with Gasteiger partial charge in [0.05, 0.1) is 25.4 Å². The molecule has 0 aromatic rings. The molecule has 1 amide bonds. The van der Waals surface area contributed by atoms with Crippen molar-refractivity contribution >= 4 is 16.3 Å². The zero-order valence-electron chi connectivity index (χ0n) is 37.8. The highest BCUT2D eigenvalue weighted by atomic mass is 32.3. The number of ether oxygens (including phenoxy) is 2. The van der Waals surface area contributed by atoms with Crippen molar-refractivity contribution < 1.29 is 57.0 Å². The Morgan fingerprint density at radius 1 is 0.656 bits per heavy atom. The lowest BCUT2D eigenvalue weighted by Crippen LogP contribution is -2.61. The minimum absolute atomic E-state index is 0.223. The first-order valence-corrected chi connectivity index (χ1v) is 25.3. The van der Waals surface area contributed by atoms with Crippen molar-refractivity contribution in [3.8, 4) is 0 Å². The summed E-state index contributed by atoms with van der Waals surface area (Å²) in [5.41, 5.74) is 0. The molecule has 1 rings (SSSR count). The Balaban J connectivity index is 2.60. The summed E-state index contributed by atoms with van der Waals surface area (Å²) in [6, 6.07) is -1.14. The molecule has 0 aromatic carbocycles. The number of carbonyl (C=O) groups excluding carboxylic acids is 1. The van der Waals surface area contributed by atoms with Gasteiger partial charge in [-0.1, -0.05) is 172 Å². The van der Waals surface area contributed by atoms with Crippen LogP contribution in [-0.4, -0.2) is 107 Å². The molecule has 1 heterocycles. The van der Waals surface area contributed by atoms with E-state index in [0.29, 0.717) is 12.8 Å². The zero-order valence-corrected chi connectivity index (χ0v) is 38.7. The predicted octanol–water partition coefficient (Wildman–Crippen LogP) is 8.47. The van der Waals surface area contributed by atoms with Gasteiger partial charge in [-0.3, -0.25) is 9.35 Å². The number of unbranched alkanes of at least 4 members (excludes halogenated alkanes) is 23. The first-order chi connectivity index (χ1) is 29.4. The maximum atomic E-state index is 13.1. The Labute approximate surface area is 369 Å². The topological polar surface area (TPSA) is 212 Å². The van der Waals surface area contributed by atoms with Crippen LogP contribution in [-0.2, 0) is 28.9 Å². The second kappa shape index (κ2) is 37.6. The molecule has 7 N–H and O–H groups in total. The third-order valence-corrected chi connectivity index (χ3v) is 11.7. The lowest BCUT2D eigenvalue weighted by Gasteiger charge is -2.41. The van der Waals surface area contributed by atoms with E-state index in [1.54, 1.807) is 6.08 Å². The highest BCUT2D eigenvalue weighted by Crippen LogP contribution is 2.26. The monoisotopic (exact) mass is 890 g/mol. The van der Waals surface area contributed by atoms with E-state index in [2.05, 4.69) is 47.7 Å². The van der Waals surface area contributed by atoms with Crippen LogP contribution < -0.4 is 5.32 Å². The zero-order chi connectivity index (χ0) is 45.0. The molecular weight excluding hydrogens is 803 g/mol. The molecule has 0 radical (unpaired) electrons. The molecule has 1 fully saturated rings. The largest absolute Gasteiger partial charge is 0.397 e. The van der Waals surface area contributed by atoms with E-state index < -0.39 is 78.5 Å². The number of hydrogen-bond donors (Lipinski definition) is 7. The molecule has 0 saturated carbocycles. The van der Waals surface area contributed by atoms with E-state index in [1.807, 2.05) is 0 Å². The maximum Gasteiger partial charge on any atom is 0.397 e. The molecule has 1 aliphatic rings. The van der Waals surface area contributed by atoms with Gasteiger partial charge in [0, 0.05) is 0 Å². The SMILES string of the molecule is CCCCCCCCCCC/C=C\CCCCCCC(O)C(=O)NC(COC1OC(CO)C(O)C(OS(=O)(=O)O)C1O)C(O)/C=C/CC/C=C/CCCCCCCCCCC. The minimum atomic E-state index is -5.12. The van der Waals surface area contributed by atoms with E-state index in [-0.39, 0.29) is 6.42 Å². The summed E-state index contributed by atoms with van der Waals surface area (Å²) in [4.78, 5) is 13.1. The van der Waals surface area contributed by atoms with Gasteiger partial charge in [0.25, 0.3) is 0 Å². The van der Waals surface area contributed by atoms with Gasteiger partial charge in [-0.05, 0) is 57.8 Å². The van der Waals surface area contributed by atoms with Crippen LogP contribution in [0.3, 0.4) is 0 Å². The average Bonchev–Trinajstić information content (AvgIpc) is 3.23. The fraction of sp³-hybridized carbons (Fsp3) is 0.851. The normalized spacial score (nSPS) is 21.5. The highest BCUT2D eigenvalue weighted by molar-refractivity contribution is 7.80. The lowest BCUT2D eigenvalue weighted by molar-refractivity contribution is -0.298. The standard InChI is InChI=1S/C47H87NO12S/c1-3-5-7-9-11-13-15-17-19-20-22-24-26-28-30-32-34-36-41(51)46(54)48-39(38-58-47-44(53)45(60-61(55,56)57)43(52)42(37-49)59-47)40(50)35-33-31-29-27-25-23-21-18-16-14-12-10-8-6-4-2/h22,24-25,27,33,35,39-45,47,49-53H,3-21,23,26,28-32,34,36-38H2,1-2H3,(H,48,54)(H,55,56,57)/b24-22-,27-25+,35-33+.